The summed E-state index contributed by atoms with van der Waals surface area (Å²) in [6, 6.07) is 16.9. The molecule has 7 nitrogen and oxygen atoms in total. The van der Waals surface area contributed by atoms with E-state index in [1.54, 1.807) is 66.1 Å². The Morgan fingerprint density at radius 3 is 2.25 bits per heavy atom. The van der Waals surface area contributed by atoms with E-state index in [-0.39, 0.29) is 12.1 Å². The van der Waals surface area contributed by atoms with Gasteiger partial charge in [0.25, 0.3) is 11.5 Å². The highest BCUT2D eigenvalue weighted by molar-refractivity contribution is 6.30. The molecule has 2 N–H and O–H groups in total. The molecule has 0 radical (unpaired) electrons. The van der Waals surface area contributed by atoms with Crippen molar-refractivity contribution in [2.24, 2.45) is 0 Å². The van der Waals surface area contributed by atoms with Crippen LogP contribution in [0.3, 0.4) is 0 Å². The van der Waals surface area contributed by atoms with Crippen molar-refractivity contribution in [2.45, 2.75) is 20.4 Å². The number of amides is 1. The highest BCUT2D eigenvalue weighted by Gasteiger charge is 2.18. The van der Waals surface area contributed by atoms with E-state index in [1.807, 2.05) is 13.8 Å². The summed E-state index contributed by atoms with van der Waals surface area (Å²) in [6.45, 7) is 3.81. The summed E-state index contributed by atoms with van der Waals surface area (Å²) >= 11 is 6.15. The molecule has 0 bridgehead atoms. The quantitative estimate of drug-likeness (QED) is 0.368. The largest absolute Gasteiger partial charge is 0.336 e. The van der Waals surface area contributed by atoms with E-state index < -0.39 is 17.2 Å². The molecule has 162 valence electrons. The summed E-state index contributed by atoms with van der Waals surface area (Å²) in [4.78, 5) is 38.5. The van der Waals surface area contributed by atoms with E-state index in [9.17, 15) is 14.4 Å². The number of hydrogen-bond donors (Lipinski definition) is 2. The van der Waals surface area contributed by atoms with Gasteiger partial charge in [0.15, 0.2) is 0 Å². The van der Waals surface area contributed by atoms with E-state index >= 15 is 0 Å². The lowest BCUT2D eigenvalue weighted by atomic mass is 10.1. The third-order valence-electron chi connectivity index (χ3n) is 5.39. The molecule has 0 aliphatic carbocycles. The van der Waals surface area contributed by atoms with Crippen LogP contribution in [0.5, 0.6) is 0 Å². The maximum absolute atomic E-state index is 13.6. The number of aromatic nitrogens is 2. The molecule has 0 aliphatic heterocycles. The second-order valence-electron chi connectivity index (χ2n) is 7.55. The SMILES string of the molecule is Cc1cc(Cl)cc(C)c1-n1c(=O)c2ccccc2n(Cc2ccc(C(=O)NO)cc2)c1=O. The molecular formula is C24H20ClN3O4. The van der Waals surface area contributed by atoms with Crippen molar-refractivity contribution in [1.82, 2.24) is 14.6 Å². The van der Waals surface area contributed by atoms with E-state index in [4.69, 9.17) is 16.8 Å². The fourth-order valence-corrected chi connectivity index (χ4v) is 4.26. The number of nitrogens with zero attached hydrogens (tertiary/aromatic N) is 2. The van der Waals surface area contributed by atoms with Gasteiger partial charge in [0.1, 0.15) is 0 Å². The van der Waals surface area contributed by atoms with Gasteiger partial charge in [-0.05, 0) is 66.9 Å². The first kappa shape index (κ1) is 21.5. The van der Waals surface area contributed by atoms with Crippen molar-refractivity contribution in [3.63, 3.8) is 0 Å². The molecule has 0 saturated carbocycles. The molecule has 0 saturated heterocycles. The molecule has 0 atom stereocenters. The van der Waals surface area contributed by atoms with Gasteiger partial charge in [-0.25, -0.2) is 14.8 Å². The lowest BCUT2D eigenvalue weighted by Gasteiger charge is -2.17. The number of carbonyl (C=O) groups is 1. The first-order valence-electron chi connectivity index (χ1n) is 9.87. The van der Waals surface area contributed by atoms with Crippen LogP contribution in [0, 0.1) is 13.8 Å². The lowest BCUT2D eigenvalue weighted by molar-refractivity contribution is 0.0706. The van der Waals surface area contributed by atoms with Crippen LogP contribution >= 0.6 is 11.6 Å². The van der Waals surface area contributed by atoms with Gasteiger partial charge in [-0.3, -0.25) is 19.4 Å². The normalized spacial score (nSPS) is 11.0. The summed E-state index contributed by atoms with van der Waals surface area (Å²) in [5.41, 5.74) is 4.22. The van der Waals surface area contributed by atoms with Gasteiger partial charge in [-0.2, -0.15) is 0 Å². The maximum atomic E-state index is 13.6. The topological polar surface area (TPSA) is 93.3 Å². The highest BCUT2D eigenvalue weighted by atomic mass is 35.5. The fraction of sp³-hybridized carbons (Fsp3) is 0.125. The van der Waals surface area contributed by atoms with Crippen LogP contribution in [0.2, 0.25) is 5.02 Å². The number of aryl methyl sites for hydroxylation is 2. The Hall–Kier alpha value is -3.68. The molecule has 1 heterocycles. The highest BCUT2D eigenvalue weighted by Crippen LogP contribution is 2.23. The zero-order valence-electron chi connectivity index (χ0n) is 17.4. The smallest absolute Gasteiger partial charge is 0.288 e. The molecule has 0 unspecified atom stereocenters. The van der Waals surface area contributed by atoms with Crippen LogP contribution in [0.4, 0.5) is 0 Å². The van der Waals surface area contributed by atoms with E-state index in [2.05, 4.69) is 0 Å². The number of halogens is 1. The van der Waals surface area contributed by atoms with Gasteiger partial charge in [-0.1, -0.05) is 35.9 Å². The molecule has 32 heavy (non-hydrogen) atoms. The first-order valence-corrected chi connectivity index (χ1v) is 10.2. The zero-order valence-corrected chi connectivity index (χ0v) is 18.2. The number of rotatable bonds is 4. The molecule has 1 amide bonds. The molecule has 4 rings (SSSR count). The Morgan fingerprint density at radius 2 is 1.62 bits per heavy atom. The minimum absolute atomic E-state index is 0.187. The minimum atomic E-state index is -0.624. The van der Waals surface area contributed by atoms with E-state index in [0.29, 0.717) is 21.6 Å². The molecule has 0 spiro atoms. The Bertz CT molecular complexity index is 1450. The molecule has 0 aliphatic rings. The van der Waals surface area contributed by atoms with Crippen LogP contribution in [0.15, 0.2) is 70.3 Å². The Balaban J connectivity index is 1.95. The van der Waals surface area contributed by atoms with Crippen molar-refractivity contribution in [3.8, 4) is 5.69 Å². The molecule has 1 aromatic heterocycles. The Morgan fingerprint density at radius 1 is 1.00 bits per heavy atom. The summed E-state index contributed by atoms with van der Waals surface area (Å²) in [6.07, 6.45) is 0. The summed E-state index contributed by atoms with van der Waals surface area (Å²) in [5.74, 6) is -0.624. The van der Waals surface area contributed by atoms with Gasteiger partial charge < -0.3 is 0 Å². The van der Waals surface area contributed by atoms with Crippen LogP contribution in [-0.2, 0) is 6.54 Å². The van der Waals surface area contributed by atoms with Crippen LogP contribution in [0.25, 0.3) is 16.6 Å². The van der Waals surface area contributed by atoms with E-state index in [0.717, 1.165) is 16.7 Å². The van der Waals surface area contributed by atoms with Crippen molar-refractivity contribution in [3.05, 3.63) is 109 Å². The molecule has 4 aromatic rings. The number of para-hydroxylation sites is 1. The summed E-state index contributed by atoms with van der Waals surface area (Å²) in [7, 11) is 0. The lowest BCUT2D eigenvalue weighted by Crippen LogP contribution is -2.40. The maximum Gasteiger partial charge on any atom is 0.336 e. The number of hydroxylamine groups is 1. The molecule has 0 fully saturated rings. The fourth-order valence-electron chi connectivity index (χ4n) is 3.94. The monoisotopic (exact) mass is 449 g/mol. The van der Waals surface area contributed by atoms with Crippen LogP contribution in [0.1, 0.15) is 27.0 Å². The molecule has 3 aromatic carbocycles. The predicted octanol–water partition coefficient (Wildman–Crippen LogP) is 3.59. The predicted molar refractivity (Wildman–Crippen MR) is 123 cm³/mol. The van der Waals surface area contributed by atoms with Gasteiger partial charge >= 0.3 is 5.69 Å². The number of fused-ring (bicyclic) bond motifs is 1. The zero-order chi connectivity index (χ0) is 23.0. The van der Waals surface area contributed by atoms with Crippen LogP contribution < -0.4 is 16.7 Å². The van der Waals surface area contributed by atoms with Gasteiger partial charge in [-0.15, -0.1) is 0 Å². The first-order chi connectivity index (χ1) is 15.3. The average Bonchev–Trinajstić information content (AvgIpc) is 2.78. The second-order valence-corrected chi connectivity index (χ2v) is 7.99. The standard InChI is InChI=1S/C24H20ClN3O4/c1-14-11-18(25)12-15(2)21(14)28-23(30)19-5-3-4-6-20(19)27(24(28)31)13-16-7-9-17(10-8-16)22(29)26-32/h3-12,32H,13H2,1-2H3,(H,26,29). The van der Waals surface area contributed by atoms with Crippen molar-refractivity contribution in [2.75, 3.05) is 0 Å². The second kappa shape index (κ2) is 8.45. The summed E-state index contributed by atoms with van der Waals surface area (Å²) in [5, 5.41) is 9.73. The Labute approximate surface area is 188 Å². The number of nitrogens with one attached hydrogen (secondary N) is 1. The third-order valence-corrected chi connectivity index (χ3v) is 5.61. The van der Waals surface area contributed by atoms with Crippen molar-refractivity contribution >= 4 is 28.4 Å². The van der Waals surface area contributed by atoms with Crippen molar-refractivity contribution in [1.29, 1.82) is 0 Å². The van der Waals surface area contributed by atoms with Gasteiger partial charge in [0.2, 0.25) is 0 Å². The summed E-state index contributed by atoms with van der Waals surface area (Å²) < 4.78 is 2.72. The van der Waals surface area contributed by atoms with Gasteiger partial charge in [0.05, 0.1) is 23.1 Å². The molecular weight excluding hydrogens is 430 g/mol. The number of hydrogen-bond acceptors (Lipinski definition) is 4. The number of benzene rings is 3. The molecule has 8 heteroatoms. The van der Waals surface area contributed by atoms with Crippen LogP contribution in [-0.4, -0.2) is 20.2 Å². The van der Waals surface area contributed by atoms with E-state index in [1.165, 1.54) is 9.13 Å². The minimum Gasteiger partial charge on any atom is -0.288 e. The van der Waals surface area contributed by atoms with Crippen molar-refractivity contribution < 1.29 is 10.0 Å². The Kier molecular flexibility index (Phi) is 5.69. The average molecular weight is 450 g/mol. The third kappa shape index (κ3) is 3.72. The van der Waals surface area contributed by atoms with Gasteiger partial charge in [0, 0.05) is 10.6 Å². The number of carbonyl (C=O) groups excluding carboxylic acids is 1.